The molecule has 0 saturated heterocycles. The van der Waals surface area contributed by atoms with Gasteiger partial charge in [0.05, 0.1) is 34.3 Å². The third-order valence-corrected chi connectivity index (χ3v) is 8.33. The quantitative estimate of drug-likeness (QED) is 0.240. The van der Waals surface area contributed by atoms with Gasteiger partial charge in [-0.3, -0.25) is 0 Å². The average molecular weight is 504 g/mol. The Bertz CT molecular complexity index is 2070. The predicted molar refractivity (Wildman–Crippen MR) is 160 cm³/mol. The predicted octanol–water partition coefficient (Wildman–Crippen LogP) is 9.28. The number of benzene rings is 4. The molecule has 8 rings (SSSR count). The molecule has 0 bridgehead atoms. The molecule has 0 N–H and O–H groups in total. The molecule has 4 heteroatoms. The summed E-state index contributed by atoms with van der Waals surface area (Å²) in [6.07, 6.45) is 2.04. The van der Waals surface area contributed by atoms with Crippen molar-refractivity contribution in [3.05, 3.63) is 128 Å². The van der Waals surface area contributed by atoms with Gasteiger partial charge < -0.3 is 4.57 Å². The van der Waals surface area contributed by atoms with Crippen LogP contribution >= 0.6 is 11.3 Å². The first-order valence-electron chi connectivity index (χ1n) is 12.7. The minimum absolute atomic E-state index is 0.947. The van der Waals surface area contributed by atoms with Crippen LogP contribution in [-0.2, 0) is 0 Å². The summed E-state index contributed by atoms with van der Waals surface area (Å²) in [6.45, 7) is 0. The van der Waals surface area contributed by atoms with E-state index in [0.29, 0.717) is 0 Å². The van der Waals surface area contributed by atoms with Gasteiger partial charge in [-0.15, -0.1) is 11.3 Å². The second-order valence-electron chi connectivity index (χ2n) is 9.48. The van der Waals surface area contributed by atoms with E-state index in [2.05, 4.69) is 114 Å². The molecule has 0 spiro atoms. The number of rotatable bonds is 3. The van der Waals surface area contributed by atoms with Gasteiger partial charge in [0.25, 0.3) is 0 Å². The molecule has 38 heavy (non-hydrogen) atoms. The lowest BCUT2D eigenvalue weighted by atomic mass is 10.1. The van der Waals surface area contributed by atoms with Crippen LogP contribution in [0.2, 0.25) is 0 Å². The van der Waals surface area contributed by atoms with Crippen molar-refractivity contribution in [1.29, 1.82) is 0 Å². The molecule has 0 saturated carbocycles. The lowest BCUT2D eigenvalue weighted by Gasteiger charge is -2.13. The van der Waals surface area contributed by atoms with E-state index in [1.807, 2.05) is 18.3 Å². The fraction of sp³-hybridized carbons (Fsp3) is 0. The number of thiophene rings is 1. The van der Waals surface area contributed by atoms with Crippen molar-refractivity contribution in [3.8, 4) is 28.2 Å². The average Bonchev–Trinajstić information content (AvgIpc) is 3.53. The molecule has 0 fully saturated rings. The molecule has 0 unspecified atom stereocenters. The minimum atomic E-state index is 0.947. The van der Waals surface area contributed by atoms with Crippen molar-refractivity contribution in [2.45, 2.75) is 0 Å². The summed E-state index contributed by atoms with van der Waals surface area (Å²) in [4.78, 5) is 11.1. The minimum Gasteiger partial charge on any atom is -0.308 e. The maximum atomic E-state index is 5.10. The normalized spacial score (nSPS) is 11.7. The summed E-state index contributed by atoms with van der Waals surface area (Å²) in [6, 6.07) is 42.5. The SMILES string of the molecule is c1ccc(-c2cc(-n3c4ccccc4c4c5c(ncc43)sc3ccccc35)cc(-c3ccccc3)n2)cc1. The van der Waals surface area contributed by atoms with Gasteiger partial charge >= 0.3 is 0 Å². The molecule has 0 aliphatic heterocycles. The van der Waals surface area contributed by atoms with E-state index in [1.165, 1.54) is 26.2 Å². The Labute approximate surface area is 223 Å². The standard InChI is InChI=1S/C34H21N3S/c1-3-11-22(12-4-1)27-19-24(20-28(36-27)23-13-5-2-6-14-23)37-29-17-9-7-15-25(29)32-30(37)21-35-34-33(32)26-16-8-10-18-31(26)38-34/h1-21H. The Morgan fingerprint density at radius 2 is 1.16 bits per heavy atom. The molecule has 4 heterocycles. The molecule has 3 nitrogen and oxygen atoms in total. The number of para-hydroxylation sites is 1. The van der Waals surface area contributed by atoms with Gasteiger partial charge in [-0.1, -0.05) is 97.1 Å². The van der Waals surface area contributed by atoms with E-state index in [0.717, 1.165) is 44.1 Å². The van der Waals surface area contributed by atoms with E-state index in [9.17, 15) is 0 Å². The molecular formula is C34H21N3S. The van der Waals surface area contributed by atoms with Crippen LogP contribution < -0.4 is 0 Å². The summed E-state index contributed by atoms with van der Waals surface area (Å²) in [5.41, 5.74) is 7.42. The molecule has 8 aromatic rings. The van der Waals surface area contributed by atoms with Gasteiger partial charge in [-0.2, -0.15) is 0 Å². The van der Waals surface area contributed by atoms with Crippen LogP contribution in [-0.4, -0.2) is 14.5 Å². The fourth-order valence-corrected chi connectivity index (χ4v) is 6.62. The van der Waals surface area contributed by atoms with Crippen LogP contribution in [0.5, 0.6) is 0 Å². The van der Waals surface area contributed by atoms with Crippen LogP contribution in [0.25, 0.3) is 70.3 Å². The third-order valence-electron chi connectivity index (χ3n) is 7.25. The Morgan fingerprint density at radius 3 is 1.87 bits per heavy atom. The molecule has 0 aliphatic carbocycles. The van der Waals surface area contributed by atoms with Crippen LogP contribution in [0.4, 0.5) is 0 Å². The van der Waals surface area contributed by atoms with Crippen molar-refractivity contribution in [2.24, 2.45) is 0 Å². The first-order chi connectivity index (χ1) is 18.8. The summed E-state index contributed by atoms with van der Waals surface area (Å²) in [7, 11) is 0. The summed E-state index contributed by atoms with van der Waals surface area (Å²) in [5.74, 6) is 0. The van der Waals surface area contributed by atoms with Crippen LogP contribution in [0.1, 0.15) is 0 Å². The van der Waals surface area contributed by atoms with Crippen molar-refractivity contribution in [1.82, 2.24) is 14.5 Å². The molecule has 0 atom stereocenters. The number of hydrogen-bond acceptors (Lipinski definition) is 3. The Morgan fingerprint density at radius 1 is 0.553 bits per heavy atom. The Kier molecular flexibility index (Phi) is 4.69. The van der Waals surface area contributed by atoms with Gasteiger partial charge in [0, 0.05) is 37.4 Å². The number of fused-ring (bicyclic) bond motifs is 7. The van der Waals surface area contributed by atoms with Gasteiger partial charge in [-0.05, 0) is 24.3 Å². The highest BCUT2D eigenvalue weighted by atomic mass is 32.1. The van der Waals surface area contributed by atoms with Crippen LogP contribution in [0.3, 0.4) is 0 Å². The molecule has 0 aliphatic rings. The Balaban J connectivity index is 1.51. The topological polar surface area (TPSA) is 30.7 Å². The maximum absolute atomic E-state index is 5.10. The van der Waals surface area contributed by atoms with Crippen LogP contribution in [0, 0.1) is 0 Å². The van der Waals surface area contributed by atoms with Gasteiger partial charge in [0.15, 0.2) is 0 Å². The summed E-state index contributed by atoms with van der Waals surface area (Å²) in [5, 5.41) is 4.98. The monoisotopic (exact) mass is 503 g/mol. The lowest BCUT2D eigenvalue weighted by Crippen LogP contribution is -1.98. The van der Waals surface area contributed by atoms with E-state index in [1.54, 1.807) is 11.3 Å². The molecule has 0 radical (unpaired) electrons. The number of nitrogens with zero attached hydrogens (tertiary/aromatic N) is 3. The fourth-order valence-electron chi connectivity index (χ4n) is 5.57. The van der Waals surface area contributed by atoms with Gasteiger partial charge in [-0.25, -0.2) is 9.97 Å². The van der Waals surface area contributed by atoms with Gasteiger partial charge in [0.2, 0.25) is 0 Å². The van der Waals surface area contributed by atoms with E-state index in [4.69, 9.17) is 9.97 Å². The zero-order valence-electron chi connectivity index (χ0n) is 20.4. The second-order valence-corrected chi connectivity index (χ2v) is 10.5. The van der Waals surface area contributed by atoms with E-state index in [-0.39, 0.29) is 0 Å². The van der Waals surface area contributed by atoms with Gasteiger partial charge in [0.1, 0.15) is 4.83 Å². The van der Waals surface area contributed by atoms with Crippen molar-refractivity contribution >= 4 is 53.4 Å². The highest BCUT2D eigenvalue weighted by Gasteiger charge is 2.19. The summed E-state index contributed by atoms with van der Waals surface area (Å²) < 4.78 is 3.62. The molecular weight excluding hydrogens is 482 g/mol. The lowest BCUT2D eigenvalue weighted by molar-refractivity contribution is 1.15. The van der Waals surface area contributed by atoms with Crippen molar-refractivity contribution in [2.75, 3.05) is 0 Å². The number of pyridine rings is 2. The highest BCUT2D eigenvalue weighted by Crippen LogP contribution is 2.42. The zero-order chi connectivity index (χ0) is 25.1. The van der Waals surface area contributed by atoms with Crippen LogP contribution in [0.15, 0.2) is 128 Å². The number of aromatic nitrogens is 3. The molecule has 178 valence electrons. The molecule has 4 aromatic carbocycles. The van der Waals surface area contributed by atoms with Crippen molar-refractivity contribution < 1.29 is 0 Å². The second kappa shape index (κ2) is 8.37. The molecule has 4 aromatic heterocycles. The molecule has 0 amide bonds. The van der Waals surface area contributed by atoms with Crippen molar-refractivity contribution in [3.63, 3.8) is 0 Å². The first-order valence-corrected chi connectivity index (χ1v) is 13.5. The maximum Gasteiger partial charge on any atom is 0.125 e. The smallest absolute Gasteiger partial charge is 0.125 e. The Hall–Kier alpha value is -4.80. The van der Waals surface area contributed by atoms with E-state index < -0.39 is 0 Å². The number of hydrogen-bond donors (Lipinski definition) is 0. The largest absolute Gasteiger partial charge is 0.308 e. The first kappa shape index (κ1) is 21.3. The highest BCUT2D eigenvalue weighted by molar-refractivity contribution is 7.25. The summed E-state index contributed by atoms with van der Waals surface area (Å²) >= 11 is 1.76. The van der Waals surface area contributed by atoms with E-state index >= 15 is 0 Å². The zero-order valence-corrected chi connectivity index (χ0v) is 21.2. The third kappa shape index (κ3) is 3.21.